The standard InChI is InChI=1S/C69H84ClFN8O13S/c1-7-61(83)77-20-22-78(23-21-77)67-55-38-56(70)63(54-36-50(80)35-49-10-8-9-11-53(49)54)64(71)65(55)73-69(74-67)91-45(5)40-76-18-16-52(17-19-76)89-32-30-87-28-26-85-24-25-86-27-29-88-31-33-90-60-39-59(92-75-60)62(43(2)3)68(84)79-41-51(81)37-57(79)58(82)34-44(4)47-12-14-48(15-13-47)66-46(6)72-42-93-66/h7-15,35-36,38-39,42-45,51-52,57,62,80-81H,1,16-34,37,40-41H2,2-6H3/t44-,45-,51-,57+,62+/m1/s1. The van der Waals surface area contributed by atoms with Crippen molar-refractivity contribution in [2.24, 2.45) is 5.92 Å². The molecule has 21 nitrogen and oxygen atoms in total. The van der Waals surface area contributed by atoms with Crippen LogP contribution in [0.3, 0.4) is 0 Å². The van der Waals surface area contributed by atoms with Crippen molar-refractivity contribution < 1.29 is 66.7 Å². The second kappa shape index (κ2) is 32.8. The lowest BCUT2D eigenvalue weighted by atomic mass is 9.89. The summed E-state index contributed by atoms with van der Waals surface area (Å²) in [5.41, 5.74) is 5.49. The summed E-state index contributed by atoms with van der Waals surface area (Å²) in [7, 11) is 0. The Morgan fingerprint density at radius 3 is 2.18 bits per heavy atom. The zero-order valence-corrected chi connectivity index (χ0v) is 55.1. The highest BCUT2D eigenvalue weighted by atomic mass is 35.5. The number of aliphatic hydroxyl groups excluding tert-OH is 1. The molecular weight excluding hydrogens is 1240 g/mol. The first-order chi connectivity index (χ1) is 45.0. The number of β-amino-alcohol motifs (C(OH)–C–C–N with tert-alkyl or cyclic N) is 1. The first-order valence-corrected chi connectivity index (χ1v) is 33.3. The van der Waals surface area contributed by atoms with E-state index in [1.165, 1.54) is 17.0 Å². The SMILES string of the molecule is C=CC(=O)N1CCN(c2nc(O[C@H](C)CN3CCC(OCCOCCOCCOCCOCCOc4cc([C@@H](C(=O)N5C[C@H](O)C[C@H]5C(=O)C[C@@H](C)c5ccc(-c6scnc6C)cc5)C(C)C)on4)CC3)nc3c(F)c(-c4cc(O)cc5ccccc45)c(Cl)cc23)CC1. The first-order valence-electron chi connectivity index (χ1n) is 32.0. The van der Waals surface area contributed by atoms with Crippen molar-refractivity contribution in [1.29, 1.82) is 0 Å². The Bertz CT molecular complexity index is 3650. The second-order valence-corrected chi connectivity index (χ2v) is 25.5. The van der Waals surface area contributed by atoms with Crippen molar-refractivity contribution in [1.82, 2.24) is 34.8 Å². The maximum absolute atomic E-state index is 17.1. The maximum atomic E-state index is 17.1. The number of piperidine rings is 1. The molecule has 0 spiro atoms. The zero-order valence-electron chi connectivity index (χ0n) is 53.5. The number of thiazole rings is 1. The van der Waals surface area contributed by atoms with Gasteiger partial charge in [-0.15, -0.1) is 11.3 Å². The minimum absolute atomic E-state index is 0.0201. The number of halogens is 2. The fourth-order valence-electron chi connectivity index (χ4n) is 12.4. The minimum atomic E-state index is -0.810. The van der Waals surface area contributed by atoms with Gasteiger partial charge < -0.3 is 62.6 Å². The third kappa shape index (κ3) is 17.6. The summed E-state index contributed by atoms with van der Waals surface area (Å²) < 4.78 is 63.9. The van der Waals surface area contributed by atoms with Crippen molar-refractivity contribution in [3.05, 3.63) is 119 Å². The van der Waals surface area contributed by atoms with Crippen molar-refractivity contribution in [3.8, 4) is 39.2 Å². The molecule has 4 aromatic carbocycles. The van der Waals surface area contributed by atoms with Crippen molar-refractivity contribution in [3.63, 3.8) is 0 Å². The number of aryl methyl sites for hydroxylation is 1. The van der Waals surface area contributed by atoms with E-state index in [0.29, 0.717) is 108 Å². The molecule has 93 heavy (non-hydrogen) atoms. The predicted octanol–water partition coefficient (Wildman–Crippen LogP) is 10.1. The lowest BCUT2D eigenvalue weighted by Crippen LogP contribution is -2.48. The van der Waals surface area contributed by atoms with Gasteiger partial charge in [-0.3, -0.25) is 19.3 Å². The second-order valence-electron chi connectivity index (χ2n) is 24.2. The van der Waals surface area contributed by atoms with Crippen LogP contribution < -0.4 is 14.4 Å². The number of carbonyl (C=O) groups is 3. The molecule has 10 rings (SSSR count). The van der Waals surface area contributed by atoms with Crippen LogP contribution in [0.4, 0.5) is 10.2 Å². The van der Waals surface area contributed by atoms with Gasteiger partial charge >= 0.3 is 6.01 Å². The number of phenols is 1. The van der Waals surface area contributed by atoms with Gasteiger partial charge in [-0.05, 0) is 95.4 Å². The number of benzene rings is 4. The monoisotopic (exact) mass is 1320 g/mol. The number of ketones is 1. The molecule has 0 saturated carbocycles. The smallest absolute Gasteiger partial charge is 0.319 e. The Balaban J connectivity index is 0.576. The van der Waals surface area contributed by atoms with E-state index in [0.717, 1.165) is 58.4 Å². The Kier molecular flexibility index (Phi) is 24.2. The number of phenolic OH excluding ortho intramolecular Hbond substituents is 1. The van der Waals surface area contributed by atoms with Crippen molar-refractivity contribution >= 4 is 68.0 Å². The van der Waals surface area contributed by atoms with E-state index in [2.05, 4.69) is 38.7 Å². The normalized spacial score (nSPS) is 17.6. The van der Waals surface area contributed by atoms with Gasteiger partial charge in [0, 0.05) is 82.2 Å². The molecule has 24 heteroatoms. The quantitative estimate of drug-likeness (QED) is 0.0295. The largest absolute Gasteiger partial charge is 0.508 e. The predicted molar refractivity (Wildman–Crippen MR) is 353 cm³/mol. The molecule has 498 valence electrons. The molecule has 0 unspecified atom stereocenters. The van der Waals surface area contributed by atoms with Crippen LogP contribution >= 0.6 is 22.9 Å². The molecule has 2 amide bonds. The fourth-order valence-corrected chi connectivity index (χ4v) is 13.5. The van der Waals surface area contributed by atoms with E-state index in [1.54, 1.807) is 34.4 Å². The molecule has 0 radical (unpaired) electrons. The average Bonchev–Trinajstić information content (AvgIpc) is 1.36. The molecule has 3 aliphatic rings. The van der Waals surface area contributed by atoms with Crippen LogP contribution in [-0.4, -0.2) is 205 Å². The number of amides is 2. The Labute approximate surface area is 550 Å². The summed E-state index contributed by atoms with van der Waals surface area (Å²) >= 11 is 8.53. The van der Waals surface area contributed by atoms with E-state index >= 15 is 4.39 Å². The lowest BCUT2D eigenvalue weighted by Gasteiger charge is -2.35. The highest BCUT2D eigenvalue weighted by Gasteiger charge is 2.43. The number of fused-ring (bicyclic) bond motifs is 2. The van der Waals surface area contributed by atoms with Gasteiger partial charge in [-0.1, -0.05) is 87.5 Å². The highest BCUT2D eigenvalue weighted by molar-refractivity contribution is 7.13. The van der Waals surface area contributed by atoms with E-state index in [1.807, 2.05) is 81.4 Å². The minimum Gasteiger partial charge on any atom is -0.508 e. The highest BCUT2D eigenvalue weighted by Crippen LogP contribution is 2.43. The average molecular weight is 1320 g/mol. The number of aromatic hydroxyl groups is 1. The third-order valence-electron chi connectivity index (χ3n) is 17.2. The van der Waals surface area contributed by atoms with E-state index in [-0.39, 0.29) is 108 Å². The van der Waals surface area contributed by atoms with E-state index in [4.69, 9.17) is 54.3 Å². The maximum Gasteiger partial charge on any atom is 0.319 e. The number of likely N-dealkylation sites (tertiary alicyclic amines) is 2. The Morgan fingerprint density at radius 1 is 0.839 bits per heavy atom. The summed E-state index contributed by atoms with van der Waals surface area (Å²) in [5.74, 6) is -1.25. The van der Waals surface area contributed by atoms with Crippen molar-refractivity contribution in [2.75, 3.05) is 123 Å². The van der Waals surface area contributed by atoms with E-state index in [9.17, 15) is 24.6 Å². The molecular formula is C69H84ClFN8O13S. The molecule has 2 N–H and O–H groups in total. The molecule has 7 aromatic rings. The molecule has 6 heterocycles. The summed E-state index contributed by atoms with van der Waals surface area (Å²) in [6.45, 7) is 21.1. The Morgan fingerprint density at radius 2 is 1.52 bits per heavy atom. The van der Waals surface area contributed by atoms with E-state index < -0.39 is 23.9 Å². The van der Waals surface area contributed by atoms with Crippen LogP contribution in [0.15, 0.2) is 95.5 Å². The van der Waals surface area contributed by atoms with Gasteiger partial charge in [0.2, 0.25) is 11.8 Å². The molecule has 3 saturated heterocycles. The number of piperazine rings is 1. The topological polar surface area (TPSA) is 234 Å². The fraction of sp³-hybridized carbons (Fsp3) is 0.493. The van der Waals surface area contributed by atoms with Crippen LogP contribution in [0.1, 0.15) is 82.2 Å². The van der Waals surface area contributed by atoms with Crippen LogP contribution in [-0.2, 0) is 38.1 Å². The number of aromatic nitrogens is 4. The first kappa shape index (κ1) is 68.7. The van der Waals surface area contributed by atoms with Gasteiger partial charge in [0.15, 0.2) is 17.4 Å². The Hall–Kier alpha value is -7.19. The van der Waals surface area contributed by atoms with Gasteiger partial charge in [0.25, 0.3) is 5.88 Å². The van der Waals surface area contributed by atoms with Crippen LogP contribution in [0.5, 0.6) is 17.6 Å². The number of nitrogens with zero attached hydrogens (tertiary/aromatic N) is 8. The van der Waals surface area contributed by atoms with Crippen LogP contribution in [0, 0.1) is 18.7 Å². The molecule has 3 aliphatic heterocycles. The van der Waals surface area contributed by atoms with Gasteiger partial charge in [0.1, 0.15) is 35.7 Å². The number of rotatable bonds is 32. The summed E-state index contributed by atoms with van der Waals surface area (Å²) in [6.07, 6.45) is 2.32. The summed E-state index contributed by atoms with van der Waals surface area (Å²) in [4.78, 5) is 62.9. The zero-order chi connectivity index (χ0) is 65.5. The molecule has 3 fully saturated rings. The number of anilines is 1. The number of ether oxygens (including phenoxy) is 7. The van der Waals surface area contributed by atoms with Crippen molar-refractivity contribution in [2.45, 2.75) is 96.5 Å². The summed E-state index contributed by atoms with van der Waals surface area (Å²) in [5, 5.41) is 27.4. The lowest BCUT2D eigenvalue weighted by molar-refractivity contribution is -0.140. The molecule has 5 atom stereocenters. The third-order valence-corrected chi connectivity index (χ3v) is 18.5. The number of carbonyl (C=O) groups excluding carboxylic acids is 3. The molecule has 0 aliphatic carbocycles. The van der Waals surface area contributed by atoms with Crippen LogP contribution in [0.2, 0.25) is 5.02 Å². The molecule has 3 aromatic heterocycles. The van der Waals surface area contributed by atoms with Gasteiger partial charge in [-0.25, -0.2) is 9.37 Å². The number of hydrogen-bond donors (Lipinski definition) is 2. The van der Waals surface area contributed by atoms with Gasteiger partial charge in [0.05, 0.1) is 98.8 Å². The number of aliphatic hydroxyl groups is 1. The van der Waals surface area contributed by atoms with Gasteiger partial charge in [-0.2, -0.15) is 9.97 Å². The summed E-state index contributed by atoms with van der Waals surface area (Å²) in [6, 6.07) is 21.3. The number of hydrogen-bond acceptors (Lipinski definition) is 20. The molecule has 0 bridgehead atoms. The number of Topliss-reactive ketones (excluding diaryl/α,β-unsaturated/α-hetero) is 1. The van der Waals surface area contributed by atoms with Crippen LogP contribution in [0.25, 0.3) is 43.2 Å².